The van der Waals surface area contributed by atoms with Gasteiger partial charge in [-0.25, -0.2) is 4.98 Å². The topological polar surface area (TPSA) is 70.1 Å². The highest BCUT2D eigenvalue weighted by Gasteiger charge is 2.07. The van der Waals surface area contributed by atoms with E-state index in [0.717, 1.165) is 22.8 Å². The summed E-state index contributed by atoms with van der Waals surface area (Å²) in [6.45, 7) is 0.764. The molecule has 0 aliphatic heterocycles. The molecule has 0 unspecified atom stereocenters. The predicted octanol–water partition coefficient (Wildman–Crippen LogP) is 3.68. The molecule has 0 amide bonds. The maximum atomic E-state index is 8.93. The van der Waals surface area contributed by atoms with Gasteiger partial charge >= 0.3 is 0 Å². The highest BCUT2D eigenvalue weighted by molar-refractivity contribution is 5.67. The highest BCUT2D eigenvalue weighted by atomic mass is 16.3. The zero-order valence-corrected chi connectivity index (χ0v) is 13.3. The lowest BCUT2D eigenvalue weighted by atomic mass is 10.1. The van der Waals surface area contributed by atoms with E-state index >= 15 is 0 Å². The summed E-state index contributed by atoms with van der Waals surface area (Å²) in [5.41, 5.74) is 2.84. The van der Waals surface area contributed by atoms with Gasteiger partial charge in [0.15, 0.2) is 0 Å². The van der Waals surface area contributed by atoms with Gasteiger partial charge in [-0.2, -0.15) is 4.98 Å². The fourth-order valence-electron chi connectivity index (χ4n) is 2.30. The first-order chi connectivity index (χ1) is 11.8. The second-order valence-corrected chi connectivity index (χ2v) is 5.32. The summed E-state index contributed by atoms with van der Waals surface area (Å²) in [4.78, 5) is 9.08. The van der Waals surface area contributed by atoms with Crippen LogP contribution < -0.4 is 10.6 Å². The predicted molar refractivity (Wildman–Crippen MR) is 97.4 cm³/mol. The van der Waals surface area contributed by atoms with Crippen molar-refractivity contribution < 1.29 is 5.11 Å². The van der Waals surface area contributed by atoms with Crippen LogP contribution in [0.25, 0.3) is 11.3 Å². The minimum atomic E-state index is 0.139. The molecule has 0 saturated heterocycles. The second-order valence-electron chi connectivity index (χ2n) is 5.32. The summed E-state index contributed by atoms with van der Waals surface area (Å²) in [6, 6.07) is 21.8. The molecule has 0 radical (unpaired) electrons. The zero-order chi connectivity index (χ0) is 16.6. The summed E-state index contributed by atoms with van der Waals surface area (Å²) < 4.78 is 0. The first kappa shape index (κ1) is 16.0. The summed E-state index contributed by atoms with van der Waals surface area (Å²) in [5, 5.41) is 15.4. The Hall–Kier alpha value is -2.92. The molecule has 3 aromatic rings. The van der Waals surface area contributed by atoms with Crippen LogP contribution in [0.2, 0.25) is 0 Å². The Morgan fingerprint density at radius 2 is 1.58 bits per heavy atom. The molecule has 3 rings (SSSR count). The molecule has 0 atom stereocenters. The van der Waals surface area contributed by atoms with Crippen LogP contribution >= 0.6 is 0 Å². The smallest absolute Gasteiger partial charge is 0.225 e. The zero-order valence-electron chi connectivity index (χ0n) is 13.3. The molecule has 2 aromatic carbocycles. The molecule has 0 aliphatic rings. The van der Waals surface area contributed by atoms with E-state index in [0.29, 0.717) is 18.9 Å². The molecule has 0 aliphatic carbocycles. The number of nitrogens with zero attached hydrogens (tertiary/aromatic N) is 2. The fourth-order valence-corrected chi connectivity index (χ4v) is 2.30. The first-order valence-electron chi connectivity index (χ1n) is 7.96. The van der Waals surface area contributed by atoms with Crippen molar-refractivity contribution in [3.05, 3.63) is 66.7 Å². The number of anilines is 3. The van der Waals surface area contributed by atoms with Gasteiger partial charge in [0.25, 0.3) is 0 Å². The standard InChI is InChI=1S/C19H20N4O/c24-13-7-12-20-19-22-17(15-8-3-1-4-9-15)14-18(23-19)21-16-10-5-2-6-11-16/h1-6,8-11,14,24H,7,12-13H2,(H2,20,21,22,23). The van der Waals surface area contributed by atoms with Crippen LogP contribution in [0.5, 0.6) is 0 Å². The van der Waals surface area contributed by atoms with E-state index in [1.54, 1.807) is 0 Å². The second kappa shape index (κ2) is 8.08. The lowest BCUT2D eigenvalue weighted by Crippen LogP contribution is -2.08. The summed E-state index contributed by atoms with van der Waals surface area (Å²) in [6.07, 6.45) is 0.653. The lowest BCUT2D eigenvalue weighted by molar-refractivity contribution is 0.292. The number of hydrogen-bond donors (Lipinski definition) is 3. The van der Waals surface area contributed by atoms with Crippen LogP contribution in [0.4, 0.5) is 17.5 Å². The van der Waals surface area contributed by atoms with E-state index in [1.165, 1.54) is 0 Å². The third kappa shape index (κ3) is 4.30. The number of para-hydroxylation sites is 1. The van der Waals surface area contributed by atoms with Crippen LogP contribution in [0.3, 0.4) is 0 Å². The minimum absolute atomic E-state index is 0.139. The van der Waals surface area contributed by atoms with Crippen LogP contribution in [0.1, 0.15) is 6.42 Å². The van der Waals surface area contributed by atoms with Crippen LogP contribution in [-0.4, -0.2) is 28.2 Å². The average molecular weight is 320 g/mol. The SMILES string of the molecule is OCCCNc1nc(Nc2ccccc2)cc(-c2ccccc2)n1. The van der Waals surface area contributed by atoms with Gasteiger partial charge < -0.3 is 15.7 Å². The molecular weight excluding hydrogens is 300 g/mol. The molecule has 3 N–H and O–H groups in total. The third-order valence-corrected chi connectivity index (χ3v) is 3.46. The van der Waals surface area contributed by atoms with Crippen molar-refractivity contribution in [1.29, 1.82) is 0 Å². The first-order valence-corrected chi connectivity index (χ1v) is 7.96. The quantitative estimate of drug-likeness (QED) is 0.579. The molecule has 122 valence electrons. The van der Waals surface area contributed by atoms with E-state index < -0.39 is 0 Å². The van der Waals surface area contributed by atoms with E-state index in [1.807, 2.05) is 66.7 Å². The fraction of sp³-hybridized carbons (Fsp3) is 0.158. The summed E-state index contributed by atoms with van der Waals surface area (Å²) in [7, 11) is 0. The Morgan fingerprint density at radius 3 is 2.29 bits per heavy atom. The van der Waals surface area contributed by atoms with Crippen molar-refractivity contribution >= 4 is 17.5 Å². The Morgan fingerprint density at radius 1 is 0.875 bits per heavy atom. The Bertz CT molecular complexity index is 763. The number of rotatable bonds is 7. The molecule has 5 nitrogen and oxygen atoms in total. The van der Waals surface area contributed by atoms with Crippen LogP contribution in [-0.2, 0) is 0 Å². The Balaban J connectivity index is 1.90. The maximum absolute atomic E-state index is 8.93. The van der Waals surface area contributed by atoms with Gasteiger partial charge in [-0.3, -0.25) is 0 Å². The van der Waals surface area contributed by atoms with Crippen molar-refractivity contribution in [3.63, 3.8) is 0 Å². The molecule has 0 spiro atoms. The van der Waals surface area contributed by atoms with Gasteiger partial charge in [0, 0.05) is 30.5 Å². The van der Waals surface area contributed by atoms with Crippen molar-refractivity contribution in [2.24, 2.45) is 0 Å². The Kier molecular flexibility index (Phi) is 5.37. The third-order valence-electron chi connectivity index (χ3n) is 3.46. The molecule has 0 bridgehead atoms. The molecule has 1 aromatic heterocycles. The number of hydrogen-bond acceptors (Lipinski definition) is 5. The van der Waals surface area contributed by atoms with Gasteiger partial charge in [0.1, 0.15) is 5.82 Å². The minimum Gasteiger partial charge on any atom is -0.396 e. The van der Waals surface area contributed by atoms with Crippen molar-refractivity contribution in [2.75, 3.05) is 23.8 Å². The van der Waals surface area contributed by atoms with Gasteiger partial charge in [0.2, 0.25) is 5.95 Å². The normalized spacial score (nSPS) is 10.4. The van der Waals surface area contributed by atoms with Crippen LogP contribution in [0, 0.1) is 0 Å². The number of aliphatic hydroxyl groups excluding tert-OH is 1. The number of aliphatic hydroxyl groups is 1. The Labute approximate surface area is 141 Å². The lowest BCUT2D eigenvalue weighted by Gasteiger charge is -2.11. The van der Waals surface area contributed by atoms with E-state index in [9.17, 15) is 0 Å². The van der Waals surface area contributed by atoms with Crippen molar-refractivity contribution in [2.45, 2.75) is 6.42 Å². The monoisotopic (exact) mass is 320 g/mol. The van der Waals surface area contributed by atoms with E-state index in [-0.39, 0.29) is 6.61 Å². The summed E-state index contributed by atoms with van der Waals surface area (Å²) in [5.74, 6) is 1.27. The van der Waals surface area contributed by atoms with E-state index in [4.69, 9.17) is 5.11 Å². The van der Waals surface area contributed by atoms with E-state index in [2.05, 4.69) is 20.6 Å². The number of aromatic nitrogens is 2. The van der Waals surface area contributed by atoms with Gasteiger partial charge in [0.05, 0.1) is 5.69 Å². The number of nitrogens with one attached hydrogen (secondary N) is 2. The largest absolute Gasteiger partial charge is 0.396 e. The molecule has 0 fully saturated rings. The molecular formula is C19H20N4O. The van der Waals surface area contributed by atoms with Gasteiger partial charge in [-0.05, 0) is 18.6 Å². The number of benzene rings is 2. The van der Waals surface area contributed by atoms with Crippen molar-refractivity contribution in [3.8, 4) is 11.3 Å². The molecule has 5 heteroatoms. The maximum Gasteiger partial charge on any atom is 0.225 e. The molecule has 1 heterocycles. The van der Waals surface area contributed by atoms with Gasteiger partial charge in [-0.15, -0.1) is 0 Å². The van der Waals surface area contributed by atoms with Crippen molar-refractivity contribution in [1.82, 2.24) is 9.97 Å². The highest BCUT2D eigenvalue weighted by Crippen LogP contribution is 2.23. The van der Waals surface area contributed by atoms with Gasteiger partial charge in [-0.1, -0.05) is 48.5 Å². The molecule has 0 saturated carbocycles. The van der Waals surface area contributed by atoms with Crippen LogP contribution in [0.15, 0.2) is 66.7 Å². The summed E-state index contributed by atoms with van der Waals surface area (Å²) >= 11 is 0. The molecule has 24 heavy (non-hydrogen) atoms. The average Bonchev–Trinajstić information content (AvgIpc) is 2.63.